The van der Waals surface area contributed by atoms with Gasteiger partial charge in [0.05, 0.1) is 12.9 Å². The topological polar surface area (TPSA) is 63.0 Å². The van der Waals surface area contributed by atoms with Gasteiger partial charge in [0.25, 0.3) is 0 Å². The molecule has 78 valence electrons. The van der Waals surface area contributed by atoms with Crippen LogP contribution in [0.1, 0.15) is 5.56 Å². The normalized spacial score (nSPS) is 14.8. The maximum Gasteiger partial charge on any atom is 0.171 e. The van der Waals surface area contributed by atoms with Crippen molar-refractivity contribution >= 4 is 21.3 Å². The van der Waals surface area contributed by atoms with Crippen LogP contribution in [0.4, 0.5) is 0 Å². The van der Waals surface area contributed by atoms with E-state index in [1.54, 1.807) is 6.07 Å². The van der Waals surface area contributed by atoms with Crippen molar-refractivity contribution in [1.29, 1.82) is 4.78 Å². The molecule has 0 saturated carbocycles. The molecule has 0 aliphatic heterocycles. The van der Waals surface area contributed by atoms with Crippen molar-refractivity contribution in [3.05, 3.63) is 23.0 Å². The highest BCUT2D eigenvalue weighted by Gasteiger charge is 2.06. The van der Waals surface area contributed by atoms with Crippen molar-refractivity contribution in [2.75, 3.05) is 13.4 Å². The van der Waals surface area contributed by atoms with Gasteiger partial charge in [-0.2, -0.15) is 0 Å². The molecule has 0 aromatic carbocycles. The summed E-state index contributed by atoms with van der Waals surface area (Å²) in [6.45, 7) is 0. The summed E-state index contributed by atoms with van der Waals surface area (Å²) in [5.41, 5.74) is 0.689. The second kappa shape index (κ2) is 4.14. The van der Waals surface area contributed by atoms with Crippen molar-refractivity contribution in [1.82, 2.24) is 4.98 Å². The number of hydrogen-bond donors (Lipinski definition) is 1. The quantitative estimate of drug-likeness (QED) is 0.813. The number of methoxy groups -OCH3 is 1. The summed E-state index contributed by atoms with van der Waals surface area (Å²) in [5, 5.41) is 0.267. The summed E-state index contributed by atoms with van der Waals surface area (Å²) >= 11 is 5.71. The molecule has 4 nitrogen and oxygen atoms in total. The Morgan fingerprint density at radius 2 is 2.36 bits per heavy atom. The van der Waals surface area contributed by atoms with Crippen LogP contribution in [0.3, 0.4) is 0 Å². The lowest BCUT2D eigenvalue weighted by Gasteiger charge is -2.05. The number of nitrogens with one attached hydrogen (secondary N) is 1. The molecule has 0 saturated heterocycles. The van der Waals surface area contributed by atoms with Crippen molar-refractivity contribution in [3.63, 3.8) is 0 Å². The highest BCUT2D eigenvalue weighted by Crippen LogP contribution is 2.22. The molecule has 1 aromatic rings. The van der Waals surface area contributed by atoms with Gasteiger partial charge in [-0.3, -0.25) is 4.78 Å². The Balaban J connectivity index is 3.01. The number of pyridine rings is 1. The molecular weight excluding hydrogens is 224 g/mol. The Bertz CT molecular complexity index is 431. The average molecular weight is 235 g/mol. The fourth-order valence-corrected chi connectivity index (χ4v) is 1.98. The van der Waals surface area contributed by atoms with Crippen LogP contribution in [-0.2, 0) is 15.5 Å². The van der Waals surface area contributed by atoms with Gasteiger partial charge in [0.2, 0.25) is 0 Å². The number of rotatable bonds is 3. The molecule has 0 aliphatic carbocycles. The van der Waals surface area contributed by atoms with Gasteiger partial charge >= 0.3 is 0 Å². The Hall–Kier alpha value is -0.810. The zero-order valence-corrected chi connectivity index (χ0v) is 9.48. The molecule has 0 radical (unpaired) electrons. The lowest BCUT2D eigenvalue weighted by Crippen LogP contribution is -2.00. The van der Waals surface area contributed by atoms with E-state index in [4.69, 9.17) is 21.1 Å². The second-order valence-electron chi connectivity index (χ2n) is 2.99. The third kappa shape index (κ3) is 3.16. The largest absolute Gasteiger partial charge is 0.494 e. The van der Waals surface area contributed by atoms with Crippen LogP contribution in [0.2, 0.25) is 5.15 Å². The van der Waals surface area contributed by atoms with Crippen molar-refractivity contribution in [2.45, 2.75) is 5.75 Å². The SMILES string of the molecule is COc1cc(CS(C)(=N)=O)cnc1Cl. The molecule has 0 amide bonds. The summed E-state index contributed by atoms with van der Waals surface area (Å²) in [7, 11) is -1.07. The molecule has 1 rings (SSSR count). The van der Waals surface area contributed by atoms with Crippen LogP contribution in [0.5, 0.6) is 5.75 Å². The van der Waals surface area contributed by atoms with E-state index >= 15 is 0 Å². The van der Waals surface area contributed by atoms with E-state index in [2.05, 4.69) is 4.98 Å². The molecular formula is C8H11ClN2O2S. The van der Waals surface area contributed by atoms with E-state index in [1.807, 2.05) is 0 Å². The van der Waals surface area contributed by atoms with E-state index < -0.39 is 9.73 Å². The first kappa shape index (κ1) is 11.3. The number of nitrogens with zero attached hydrogens (tertiary/aromatic N) is 1. The lowest BCUT2D eigenvalue weighted by molar-refractivity contribution is 0.412. The van der Waals surface area contributed by atoms with E-state index in [0.717, 1.165) is 0 Å². The monoisotopic (exact) mass is 234 g/mol. The molecule has 1 unspecified atom stereocenters. The highest BCUT2D eigenvalue weighted by molar-refractivity contribution is 7.90. The number of aromatic nitrogens is 1. The number of ether oxygens (including phenoxy) is 1. The second-order valence-corrected chi connectivity index (χ2v) is 5.64. The van der Waals surface area contributed by atoms with Crippen LogP contribution >= 0.6 is 11.6 Å². The zero-order chi connectivity index (χ0) is 10.8. The maximum atomic E-state index is 11.2. The van der Waals surface area contributed by atoms with E-state index in [0.29, 0.717) is 11.3 Å². The smallest absolute Gasteiger partial charge is 0.171 e. The van der Waals surface area contributed by atoms with Gasteiger partial charge in [-0.25, -0.2) is 9.19 Å². The minimum Gasteiger partial charge on any atom is -0.494 e. The molecule has 0 fully saturated rings. The predicted molar refractivity (Wildman–Crippen MR) is 56.3 cm³/mol. The molecule has 6 heteroatoms. The molecule has 0 bridgehead atoms. The van der Waals surface area contributed by atoms with Gasteiger partial charge in [-0.15, -0.1) is 0 Å². The molecule has 1 atom stereocenters. The van der Waals surface area contributed by atoms with Gasteiger partial charge in [0.15, 0.2) is 10.9 Å². The molecule has 14 heavy (non-hydrogen) atoms. The first-order valence-corrected chi connectivity index (χ1v) is 6.33. The minimum atomic E-state index is -2.55. The summed E-state index contributed by atoms with van der Waals surface area (Å²) in [6.07, 6.45) is 2.89. The van der Waals surface area contributed by atoms with Crippen molar-refractivity contribution in [2.24, 2.45) is 0 Å². The Morgan fingerprint density at radius 3 is 2.86 bits per heavy atom. The maximum absolute atomic E-state index is 11.2. The third-order valence-electron chi connectivity index (χ3n) is 1.53. The van der Waals surface area contributed by atoms with Gasteiger partial charge in [0.1, 0.15) is 0 Å². The minimum absolute atomic E-state index is 0.160. The van der Waals surface area contributed by atoms with Crippen molar-refractivity contribution < 1.29 is 8.95 Å². The average Bonchev–Trinajstić information content (AvgIpc) is 2.06. The van der Waals surface area contributed by atoms with E-state index in [1.165, 1.54) is 19.6 Å². The van der Waals surface area contributed by atoms with Gasteiger partial charge in [-0.05, 0) is 11.6 Å². The summed E-state index contributed by atoms with van der Waals surface area (Å²) in [4.78, 5) is 3.87. The predicted octanol–water partition coefficient (Wildman–Crippen LogP) is 1.92. The van der Waals surface area contributed by atoms with Gasteiger partial charge < -0.3 is 4.74 Å². The molecule has 1 heterocycles. The van der Waals surface area contributed by atoms with Gasteiger partial charge in [0, 0.05) is 22.2 Å². The van der Waals surface area contributed by atoms with Gasteiger partial charge in [-0.1, -0.05) is 11.6 Å². The van der Waals surface area contributed by atoms with Crippen LogP contribution in [0.15, 0.2) is 12.3 Å². The summed E-state index contributed by atoms with van der Waals surface area (Å²) < 4.78 is 23.4. The number of hydrogen-bond acceptors (Lipinski definition) is 4. The van der Waals surface area contributed by atoms with E-state index in [9.17, 15) is 4.21 Å². The van der Waals surface area contributed by atoms with Crippen LogP contribution in [-0.4, -0.2) is 22.6 Å². The number of halogens is 1. The molecule has 0 spiro atoms. The Labute approximate surface area is 88.2 Å². The summed E-state index contributed by atoms with van der Waals surface area (Å²) in [6, 6.07) is 1.65. The Morgan fingerprint density at radius 1 is 1.71 bits per heavy atom. The van der Waals surface area contributed by atoms with Crippen LogP contribution < -0.4 is 4.74 Å². The standard InChI is InChI=1S/C8H11ClN2O2S/c1-13-7-3-6(4-11-8(7)9)5-14(2,10)12/h3-4,10H,5H2,1-2H3. The van der Waals surface area contributed by atoms with Crippen molar-refractivity contribution in [3.8, 4) is 5.75 Å². The zero-order valence-electron chi connectivity index (χ0n) is 7.91. The molecule has 0 aliphatic rings. The van der Waals surface area contributed by atoms with Crippen LogP contribution in [0.25, 0.3) is 0 Å². The van der Waals surface area contributed by atoms with E-state index in [-0.39, 0.29) is 10.9 Å². The lowest BCUT2D eigenvalue weighted by atomic mass is 10.3. The first-order chi connectivity index (χ1) is 6.42. The van der Waals surface area contributed by atoms with Crippen LogP contribution in [0, 0.1) is 4.78 Å². The highest BCUT2D eigenvalue weighted by atomic mass is 35.5. The first-order valence-electron chi connectivity index (χ1n) is 3.82. The summed E-state index contributed by atoms with van der Waals surface area (Å²) in [5.74, 6) is 0.598. The molecule has 1 N–H and O–H groups in total. The fraction of sp³-hybridized carbons (Fsp3) is 0.375. The third-order valence-corrected chi connectivity index (χ3v) is 2.69. The Kier molecular flexibility index (Phi) is 3.34. The molecule has 1 aromatic heterocycles. The fourth-order valence-electron chi connectivity index (χ4n) is 1.01.